The summed E-state index contributed by atoms with van der Waals surface area (Å²) in [6, 6.07) is 8.82. The van der Waals surface area contributed by atoms with E-state index in [1.807, 2.05) is 13.0 Å². The van der Waals surface area contributed by atoms with E-state index in [0.29, 0.717) is 37.2 Å². The Bertz CT molecular complexity index is 1310. The molecule has 0 saturated heterocycles. The molecule has 0 aliphatic heterocycles. The van der Waals surface area contributed by atoms with Crippen molar-refractivity contribution in [1.82, 2.24) is 0 Å². The number of ketones is 1. The Labute approximate surface area is 257 Å². The molecule has 12 atom stereocenters. The summed E-state index contributed by atoms with van der Waals surface area (Å²) < 4.78 is 6.05. The van der Waals surface area contributed by atoms with Gasteiger partial charge in [-0.3, -0.25) is 4.79 Å². The van der Waals surface area contributed by atoms with Crippen LogP contribution in [0.25, 0.3) is 0 Å². The number of hydrogen-bond acceptors (Lipinski definition) is 6. The second-order valence-electron chi connectivity index (χ2n) is 17.1. The molecule has 236 valence electrons. The van der Waals surface area contributed by atoms with Crippen molar-refractivity contribution in [2.24, 2.45) is 56.2 Å². The highest BCUT2D eigenvalue weighted by molar-refractivity contribution is 5.89. The normalized spacial score (nSPS) is 50.3. The Morgan fingerprint density at radius 3 is 2.16 bits per heavy atom. The van der Waals surface area contributed by atoms with Gasteiger partial charge in [0.25, 0.3) is 0 Å². The Morgan fingerprint density at radius 1 is 0.837 bits per heavy atom. The Kier molecular flexibility index (Phi) is 7.00. The molecular formula is C37H52O6. The Balaban J connectivity index is 1.36. The second kappa shape index (κ2) is 9.72. The molecule has 1 aromatic rings. The maximum atomic E-state index is 14.6. The lowest BCUT2D eigenvalue weighted by molar-refractivity contribution is -0.265. The van der Waals surface area contributed by atoms with Gasteiger partial charge in [0.1, 0.15) is 18.2 Å². The molecule has 0 heterocycles. The molecular weight excluding hydrogens is 540 g/mol. The van der Waals surface area contributed by atoms with Crippen LogP contribution >= 0.6 is 0 Å². The molecule has 5 saturated carbocycles. The first-order chi connectivity index (χ1) is 20.0. The maximum Gasteiger partial charge on any atom is 0.338 e. The number of rotatable bonds is 3. The van der Waals surface area contributed by atoms with E-state index in [4.69, 9.17) is 4.74 Å². The molecule has 2 N–H and O–H groups in total. The predicted octanol–water partition coefficient (Wildman–Crippen LogP) is 6.41. The van der Waals surface area contributed by atoms with Crippen molar-refractivity contribution in [3.8, 4) is 0 Å². The largest absolute Gasteiger partial charge is 0.458 e. The van der Waals surface area contributed by atoms with E-state index in [-0.39, 0.29) is 45.9 Å². The number of benzene rings is 1. The highest BCUT2D eigenvalue weighted by Crippen LogP contribution is 2.76. The minimum absolute atomic E-state index is 0.0638. The summed E-state index contributed by atoms with van der Waals surface area (Å²) in [6.07, 6.45) is 4.64. The fourth-order valence-corrected chi connectivity index (χ4v) is 12.0. The fraction of sp³-hybridized carbons (Fsp3) is 0.757. The number of aliphatic hydroxyl groups excluding tert-OH is 2. The van der Waals surface area contributed by atoms with Gasteiger partial charge < -0.3 is 19.7 Å². The topological polar surface area (TPSA) is 101 Å². The molecule has 5 aliphatic rings. The minimum atomic E-state index is -0.961. The van der Waals surface area contributed by atoms with Crippen LogP contribution in [0.5, 0.6) is 0 Å². The van der Waals surface area contributed by atoms with E-state index < -0.39 is 34.4 Å². The number of hydrogen-bond donors (Lipinski definition) is 2. The summed E-state index contributed by atoms with van der Waals surface area (Å²) in [5.74, 6) is -0.145. The zero-order chi connectivity index (χ0) is 31.4. The van der Waals surface area contributed by atoms with Gasteiger partial charge in [-0.2, -0.15) is 0 Å². The molecule has 0 spiro atoms. The van der Waals surface area contributed by atoms with Crippen LogP contribution in [0, 0.1) is 56.2 Å². The predicted molar refractivity (Wildman–Crippen MR) is 164 cm³/mol. The van der Waals surface area contributed by atoms with Gasteiger partial charge in [-0.25, -0.2) is 4.79 Å². The number of aldehydes is 1. The first kappa shape index (κ1) is 31.0. The number of carbonyl (C=O) groups excluding carboxylic acids is 3. The van der Waals surface area contributed by atoms with Gasteiger partial charge in [-0.15, -0.1) is 0 Å². The lowest BCUT2D eigenvalue weighted by atomic mass is 9.31. The third-order valence-corrected chi connectivity index (χ3v) is 14.9. The number of Topliss-reactive ketones (excluding diaryl/α,β-unsaturated/α-hetero) is 1. The quantitative estimate of drug-likeness (QED) is 0.311. The summed E-state index contributed by atoms with van der Waals surface area (Å²) in [6.45, 7) is 15.4. The second-order valence-corrected chi connectivity index (χ2v) is 17.1. The number of aliphatic hydroxyl groups is 2. The van der Waals surface area contributed by atoms with Crippen molar-refractivity contribution < 1.29 is 29.3 Å². The lowest BCUT2D eigenvalue weighted by Crippen LogP contribution is -2.71. The van der Waals surface area contributed by atoms with Crippen LogP contribution in [-0.2, 0) is 14.3 Å². The van der Waals surface area contributed by atoms with Crippen LogP contribution in [0.3, 0.4) is 0 Å². The summed E-state index contributed by atoms with van der Waals surface area (Å²) in [7, 11) is 0. The van der Waals surface area contributed by atoms with Crippen LogP contribution < -0.4 is 0 Å². The molecule has 5 aliphatic carbocycles. The van der Waals surface area contributed by atoms with Crippen molar-refractivity contribution >= 4 is 18.0 Å². The molecule has 6 nitrogen and oxygen atoms in total. The average Bonchev–Trinajstić information content (AvgIpc) is 2.95. The van der Waals surface area contributed by atoms with Crippen LogP contribution in [-0.4, -0.2) is 46.6 Å². The van der Waals surface area contributed by atoms with Crippen LogP contribution in [0.1, 0.15) is 110 Å². The van der Waals surface area contributed by atoms with Crippen LogP contribution in [0.15, 0.2) is 30.3 Å². The summed E-state index contributed by atoms with van der Waals surface area (Å²) >= 11 is 0. The van der Waals surface area contributed by atoms with Crippen molar-refractivity contribution in [2.45, 2.75) is 118 Å². The third kappa shape index (κ3) is 4.07. The number of fused-ring (bicyclic) bond motifs is 7. The monoisotopic (exact) mass is 592 g/mol. The standard InChI is InChI=1S/C37H52O6/c1-32(2)25-13-16-36(6)26(34(25,4)15-14-27(32)40)17-24(39)30-23-18-33(3,21-38)29(43-31(42)22-11-9-8-10-12-22)20-35(23,5)28(41)19-37(30,36)7/h8-12,21,23,25-30,40-41H,13-20H2,1-7H3. The van der Waals surface area contributed by atoms with Crippen molar-refractivity contribution in [3.05, 3.63) is 35.9 Å². The Morgan fingerprint density at radius 2 is 1.51 bits per heavy atom. The van der Waals surface area contributed by atoms with Gasteiger partial charge in [-0.1, -0.05) is 59.7 Å². The molecule has 0 bridgehead atoms. The van der Waals surface area contributed by atoms with E-state index in [1.54, 1.807) is 24.3 Å². The number of carbonyl (C=O) groups is 3. The van der Waals surface area contributed by atoms with Gasteiger partial charge in [-0.05, 0) is 103 Å². The van der Waals surface area contributed by atoms with Crippen LogP contribution in [0.2, 0.25) is 0 Å². The van der Waals surface area contributed by atoms with E-state index >= 15 is 0 Å². The summed E-state index contributed by atoms with van der Waals surface area (Å²) in [5.41, 5.74) is -2.05. The molecule has 1 aromatic carbocycles. The molecule has 6 rings (SSSR count). The lowest BCUT2D eigenvalue weighted by Gasteiger charge is -2.73. The molecule has 12 unspecified atom stereocenters. The van der Waals surface area contributed by atoms with Crippen molar-refractivity contribution in [1.29, 1.82) is 0 Å². The smallest absolute Gasteiger partial charge is 0.338 e. The van der Waals surface area contributed by atoms with E-state index in [2.05, 4.69) is 41.5 Å². The first-order valence-corrected chi connectivity index (χ1v) is 16.6. The van der Waals surface area contributed by atoms with Gasteiger partial charge in [0.05, 0.1) is 23.2 Å². The number of esters is 1. The van der Waals surface area contributed by atoms with Gasteiger partial charge in [0.15, 0.2) is 0 Å². The highest BCUT2D eigenvalue weighted by Gasteiger charge is 2.74. The molecule has 0 aromatic heterocycles. The van der Waals surface area contributed by atoms with Crippen molar-refractivity contribution in [3.63, 3.8) is 0 Å². The molecule has 5 fully saturated rings. The van der Waals surface area contributed by atoms with E-state index in [0.717, 1.165) is 32.0 Å². The maximum absolute atomic E-state index is 14.6. The molecule has 0 radical (unpaired) electrons. The van der Waals surface area contributed by atoms with Crippen LogP contribution in [0.4, 0.5) is 0 Å². The fourth-order valence-electron chi connectivity index (χ4n) is 12.0. The minimum Gasteiger partial charge on any atom is -0.458 e. The third-order valence-electron chi connectivity index (χ3n) is 14.9. The average molecular weight is 593 g/mol. The van der Waals surface area contributed by atoms with Gasteiger partial charge >= 0.3 is 5.97 Å². The van der Waals surface area contributed by atoms with Gasteiger partial charge in [0.2, 0.25) is 0 Å². The zero-order valence-electron chi connectivity index (χ0n) is 27.2. The first-order valence-electron chi connectivity index (χ1n) is 16.6. The molecule has 43 heavy (non-hydrogen) atoms. The molecule has 0 amide bonds. The highest BCUT2D eigenvalue weighted by atomic mass is 16.5. The van der Waals surface area contributed by atoms with E-state index in [1.165, 1.54) is 0 Å². The van der Waals surface area contributed by atoms with Crippen molar-refractivity contribution in [2.75, 3.05) is 0 Å². The SMILES string of the molecule is CC1(C=O)CC2C3C(=O)CC4C5(C)CCC(O)C(C)(C)C5CCC4(C)C3(C)CC(O)C2(C)CC1OC(=O)c1ccccc1. The number of ether oxygens (including phenoxy) is 1. The molecule has 6 heteroatoms. The summed E-state index contributed by atoms with van der Waals surface area (Å²) in [4.78, 5) is 40.6. The Hall–Kier alpha value is -2.05. The van der Waals surface area contributed by atoms with Gasteiger partial charge in [0, 0.05) is 17.8 Å². The summed E-state index contributed by atoms with van der Waals surface area (Å²) in [5, 5.41) is 23.1. The zero-order valence-corrected chi connectivity index (χ0v) is 27.2. The van der Waals surface area contributed by atoms with E-state index in [9.17, 15) is 24.6 Å².